The molecule has 0 N–H and O–H groups in total. The lowest BCUT2D eigenvalue weighted by atomic mass is 10.3. The summed E-state index contributed by atoms with van der Waals surface area (Å²) in [5.41, 5.74) is 0. The zero-order valence-electron chi connectivity index (χ0n) is 9.76. The minimum absolute atomic E-state index is 0.179. The molecule has 1 aromatic carbocycles. The first-order chi connectivity index (χ1) is 8.15. The molecule has 17 heavy (non-hydrogen) atoms. The molecule has 0 radical (unpaired) electrons. The van der Waals surface area contributed by atoms with Crippen LogP contribution in [0.1, 0.15) is 13.3 Å². The summed E-state index contributed by atoms with van der Waals surface area (Å²) in [6.45, 7) is 1.53. The van der Waals surface area contributed by atoms with Crippen molar-refractivity contribution in [3.8, 4) is 11.5 Å². The van der Waals surface area contributed by atoms with E-state index in [4.69, 9.17) is 9.47 Å². The van der Waals surface area contributed by atoms with E-state index < -0.39 is 5.97 Å². The van der Waals surface area contributed by atoms with Crippen LogP contribution in [0.25, 0.3) is 0 Å². The Bertz CT molecular complexity index is 400. The van der Waals surface area contributed by atoms with Gasteiger partial charge in [-0.2, -0.15) is 0 Å². The Morgan fingerprint density at radius 2 is 1.88 bits per heavy atom. The number of carbonyl (C=O) groups excluding carboxylic acids is 2. The highest BCUT2D eigenvalue weighted by Crippen LogP contribution is 2.19. The molecule has 0 heterocycles. The molecule has 0 amide bonds. The van der Waals surface area contributed by atoms with Gasteiger partial charge in [0.15, 0.2) is 6.61 Å². The van der Waals surface area contributed by atoms with E-state index in [1.54, 1.807) is 25.1 Å². The van der Waals surface area contributed by atoms with Gasteiger partial charge in [0, 0.05) is 12.5 Å². The summed E-state index contributed by atoms with van der Waals surface area (Å²) in [6, 6.07) is 6.51. The first kappa shape index (κ1) is 13.0. The van der Waals surface area contributed by atoms with Gasteiger partial charge < -0.3 is 14.2 Å². The molecule has 0 atom stereocenters. The molecule has 0 aliphatic carbocycles. The Morgan fingerprint density at radius 1 is 1.18 bits per heavy atom. The molecule has 0 aliphatic rings. The molecule has 0 unspecified atom stereocenters. The first-order valence-corrected chi connectivity index (χ1v) is 5.16. The third-order valence-electron chi connectivity index (χ3n) is 1.91. The number of rotatable bonds is 5. The number of benzene rings is 1. The predicted molar refractivity (Wildman–Crippen MR) is 59.9 cm³/mol. The minimum atomic E-state index is -0.471. The lowest BCUT2D eigenvalue weighted by Gasteiger charge is -2.07. The van der Waals surface area contributed by atoms with E-state index in [1.807, 2.05) is 0 Å². The third-order valence-corrected chi connectivity index (χ3v) is 1.91. The van der Waals surface area contributed by atoms with Crippen molar-refractivity contribution in [2.75, 3.05) is 13.7 Å². The van der Waals surface area contributed by atoms with Crippen molar-refractivity contribution < 1.29 is 23.8 Å². The molecule has 0 aromatic heterocycles. The molecule has 0 fully saturated rings. The molecule has 0 bridgehead atoms. The van der Waals surface area contributed by atoms with Gasteiger partial charge in [-0.3, -0.25) is 4.79 Å². The van der Waals surface area contributed by atoms with E-state index in [9.17, 15) is 9.59 Å². The molecule has 1 aromatic rings. The van der Waals surface area contributed by atoms with Crippen molar-refractivity contribution in [1.29, 1.82) is 0 Å². The van der Waals surface area contributed by atoms with Gasteiger partial charge in [-0.15, -0.1) is 0 Å². The maximum absolute atomic E-state index is 11.1. The van der Waals surface area contributed by atoms with Crippen molar-refractivity contribution in [1.82, 2.24) is 0 Å². The number of esters is 2. The Morgan fingerprint density at radius 3 is 2.53 bits per heavy atom. The van der Waals surface area contributed by atoms with E-state index in [-0.39, 0.29) is 12.6 Å². The highest BCUT2D eigenvalue weighted by Gasteiger charge is 2.05. The summed E-state index contributed by atoms with van der Waals surface area (Å²) in [6.07, 6.45) is 0.299. The van der Waals surface area contributed by atoms with E-state index in [0.717, 1.165) is 0 Å². The van der Waals surface area contributed by atoms with Gasteiger partial charge in [-0.05, 0) is 12.1 Å². The zero-order valence-corrected chi connectivity index (χ0v) is 9.76. The lowest BCUT2D eigenvalue weighted by molar-refractivity contribution is -0.143. The van der Waals surface area contributed by atoms with Crippen molar-refractivity contribution in [3.63, 3.8) is 0 Å². The van der Waals surface area contributed by atoms with Crippen LogP contribution in [-0.4, -0.2) is 25.7 Å². The summed E-state index contributed by atoms with van der Waals surface area (Å²) < 4.78 is 14.6. The monoisotopic (exact) mass is 238 g/mol. The average Bonchev–Trinajstić information content (AvgIpc) is 2.36. The van der Waals surface area contributed by atoms with Crippen molar-refractivity contribution in [3.05, 3.63) is 24.3 Å². The van der Waals surface area contributed by atoms with Gasteiger partial charge in [0.05, 0.1) is 7.11 Å². The van der Waals surface area contributed by atoms with Gasteiger partial charge in [-0.25, -0.2) is 4.79 Å². The summed E-state index contributed by atoms with van der Waals surface area (Å²) in [5, 5.41) is 0. The number of methoxy groups -OCH3 is 1. The van der Waals surface area contributed by atoms with Crippen LogP contribution in [0.3, 0.4) is 0 Å². The molecular formula is C12H14O5. The average molecular weight is 238 g/mol. The largest absolute Gasteiger partial charge is 0.482 e. The number of hydrogen-bond acceptors (Lipinski definition) is 5. The van der Waals surface area contributed by atoms with Crippen LogP contribution in [0.5, 0.6) is 11.5 Å². The van der Waals surface area contributed by atoms with Gasteiger partial charge in [0.2, 0.25) is 0 Å². The van der Waals surface area contributed by atoms with Crippen molar-refractivity contribution >= 4 is 11.9 Å². The molecule has 0 aliphatic heterocycles. The molecule has 0 spiro atoms. The Kier molecular flexibility index (Phi) is 5.00. The lowest BCUT2D eigenvalue weighted by Crippen LogP contribution is -2.12. The maximum Gasteiger partial charge on any atom is 0.343 e. The van der Waals surface area contributed by atoms with Crippen molar-refractivity contribution in [2.45, 2.75) is 13.3 Å². The third kappa shape index (κ3) is 4.55. The Balaban J connectivity index is 2.59. The second kappa shape index (κ2) is 6.52. The van der Waals surface area contributed by atoms with Crippen LogP contribution >= 0.6 is 0 Å². The van der Waals surface area contributed by atoms with Crippen LogP contribution in [-0.2, 0) is 14.3 Å². The highest BCUT2D eigenvalue weighted by atomic mass is 16.6. The summed E-state index contributed by atoms with van der Waals surface area (Å²) in [7, 11) is 1.28. The zero-order chi connectivity index (χ0) is 12.7. The Hall–Kier alpha value is -2.04. The van der Waals surface area contributed by atoms with E-state index in [0.29, 0.717) is 17.9 Å². The predicted octanol–water partition coefficient (Wildman–Crippen LogP) is 1.55. The minimum Gasteiger partial charge on any atom is -0.482 e. The topological polar surface area (TPSA) is 61.8 Å². The SMILES string of the molecule is CCC(=O)Oc1cccc(OCC(=O)OC)c1. The first-order valence-electron chi connectivity index (χ1n) is 5.16. The number of ether oxygens (including phenoxy) is 3. The fraction of sp³-hybridized carbons (Fsp3) is 0.333. The Labute approximate surface area is 99.3 Å². The second-order valence-electron chi connectivity index (χ2n) is 3.17. The van der Waals surface area contributed by atoms with E-state index in [1.165, 1.54) is 13.2 Å². The van der Waals surface area contributed by atoms with Gasteiger partial charge >= 0.3 is 11.9 Å². The molecule has 1 rings (SSSR count). The molecule has 5 nitrogen and oxygen atoms in total. The van der Waals surface area contributed by atoms with Crippen LogP contribution in [0, 0.1) is 0 Å². The number of hydrogen-bond donors (Lipinski definition) is 0. The molecule has 0 saturated heterocycles. The fourth-order valence-corrected chi connectivity index (χ4v) is 1.03. The van der Waals surface area contributed by atoms with Gasteiger partial charge in [0.1, 0.15) is 11.5 Å². The van der Waals surface area contributed by atoms with Crippen molar-refractivity contribution in [2.24, 2.45) is 0 Å². The van der Waals surface area contributed by atoms with Crippen LogP contribution in [0.2, 0.25) is 0 Å². The summed E-state index contributed by atoms with van der Waals surface area (Å²) in [4.78, 5) is 21.9. The van der Waals surface area contributed by atoms with E-state index >= 15 is 0 Å². The standard InChI is InChI=1S/C12H14O5/c1-3-11(13)17-10-6-4-5-9(7-10)16-8-12(14)15-2/h4-7H,3,8H2,1-2H3. The highest BCUT2D eigenvalue weighted by molar-refractivity contribution is 5.72. The quantitative estimate of drug-likeness (QED) is 0.575. The van der Waals surface area contributed by atoms with Gasteiger partial charge in [0.25, 0.3) is 0 Å². The van der Waals surface area contributed by atoms with Crippen LogP contribution in [0.4, 0.5) is 0 Å². The normalized spacial score (nSPS) is 9.53. The second-order valence-corrected chi connectivity index (χ2v) is 3.17. The fourth-order valence-electron chi connectivity index (χ4n) is 1.03. The van der Waals surface area contributed by atoms with Crippen LogP contribution in [0.15, 0.2) is 24.3 Å². The van der Waals surface area contributed by atoms with E-state index in [2.05, 4.69) is 4.74 Å². The smallest absolute Gasteiger partial charge is 0.343 e. The van der Waals surface area contributed by atoms with Crippen LogP contribution < -0.4 is 9.47 Å². The summed E-state index contributed by atoms with van der Waals surface area (Å²) in [5.74, 6) is 0.0343. The maximum atomic E-state index is 11.1. The molecular weight excluding hydrogens is 224 g/mol. The molecule has 92 valence electrons. The van der Waals surface area contributed by atoms with Gasteiger partial charge in [-0.1, -0.05) is 13.0 Å². The number of carbonyl (C=O) groups is 2. The summed E-state index contributed by atoms with van der Waals surface area (Å²) >= 11 is 0. The molecule has 5 heteroatoms. The molecule has 0 saturated carbocycles.